The second-order valence-electron chi connectivity index (χ2n) is 6.99. The van der Waals surface area contributed by atoms with Crippen LogP contribution in [0.2, 0.25) is 0 Å². The monoisotopic (exact) mass is 374 g/mol. The number of benzene rings is 2. The van der Waals surface area contributed by atoms with Crippen molar-refractivity contribution in [3.8, 4) is 11.5 Å². The minimum Gasteiger partial charge on any atom is -0.435 e. The quantitative estimate of drug-likeness (QED) is 0.447. The van der Waals surface area contributed by atoms with Gasteiger partial charge in [0.15, 0.2) is 0 Å². The van der Waals surface area contributed by atoms with Gasteiger partial charge < -0.3 is 9.47 Å². The normalized spacial score (nSPS) is 19.7. The summed E-state index contributed by atoms with van der Waals surface area (Å²) in [5, 5.41) is 0. The van der Waals surface area contributed by atoms with Crippen LogP contribution in [0.15, 0.2) is 48.5 Å². The average molecular weight is 374 g/mol. The van der Waals surface area contributed by atoms with Crippen LogP contribution in [0.4, 0.5) is 8.78 Å². The second kappa shape index (κ2) is 8.98. The molecule has 0 N–H and O–H groups in total. The lowest BCUT2D eigenvalue weighted by Gasteiger charge is -2.28. The molecule has 3 rings (SSSR count). The Kier molecular flexibility index (Phi) is 6.43. The molecule has 144 valence electrons. The Morgan fingerprint density at radius 1 is 0.963 bits per heavy atom. The molecule has 3 nitrogen and oxygen atoms in total. The predicted octanol–water partition coefficient (Wildman–Crippen LogP) is 6.19. The predicted molar refractivity (Wildman–Crippen MR) is 99.5 cm³/mol. The summed E-state index contributed by atoms with van der Waals surface area (Å²) in [7, 11) is 0. The van der Waals surface area contributed by atoms with E-state index in [1.807, 2.05) is 24.3 Å². The zero-order chi connectivity index (χ0) is 19.2. The van der Waals surface area contributed by atoms with Gasteiger partial charge in [-0.05, 0) is 79.5 Å². The number of ether oxygens (including phenoxy) is 2. The molecule has 1 fully saturated rings. The van der Waals surface area contributed by atoms with Crippen molar-refractivity contribution in [1.29, 1.82) is 0 Å². The molecule has 0 bridgehead atoms. The van der Waals surface area contributed by atoms with E-state index in [0.717, 1.165) is 5.92 Å². The number of hydrogen-bond acceptors (Lipinski definition) is 3. The molecule has 0 unspecified atom stereocenters. The van der Waals surface area contributed by atoms with Crippen LogP contribution in [0.1, 0.15) is 60.9 Å². The van der Waals surface area contributed by atoms with Crippen molar-refractivity contribution < 1.29 is 23.0 Å². The Balaban J connectivity index is 1.57. The van der Waals surface area contributed by atoms with Crippen molar-refractivity contribution >= 4 is 5.97 Å². The van der Waals surface area contributed by atoms with Crippen molar-refractivity contribution in [3.63, 3.8) is 0 Å². The Hall–Kier alpha value is -2.43. The van der Waals surface area contributed by atoms with E-state index in [9.17, 15) is 13.6 Å². The van der Waals surface area contributed by atoms with Crippen LogP contribution in [0, 0.1) is 5.92 Å². The number of carbonyl (C=O) groups excluding carboxylic acids is 1. The van der Waals surface area contributed by atoms with E-state index in [4.69, 9.17) is 4.74 Å². The topological polar surface area (TPSA) is 35.5 Å². The first-order valence-corrected chi connectivity index (χ1v) is 9.42. The van der Waals surface area contributed by atoms with Crippen LogP contribution in [-0.4, -0.2) is 12.6 Å². The zero-order valence-corrected chi connectivity index (χ0v) is 15.4. The third-order valence-corrected chi connectivity index (χ3v) is 5.30. The van der Waals surface area contributed by atoms with Gasteiger partial charge in [-0.2, -0.15) is 8.78 Å². The maximum Gasteiger partial charge on any atom is 0.387 e. The maximum atomic E-state index is 12.2. The van der Waals surface area contributed by atoms with E-state index < -0.39 is 12.6 Å². The van der Waals surface area contributed by atoms with Crippen LogP contribution in [0.25, 0.3) is 0 Å². The minimum atomic E-state index is -2.89. The Labute approximate surface area is 158 Å². The molecule has 2 aromatic rings. The number of alkyl halides is 2. The molecule has 5 heteroatoms. The summed E-state index contributed by atoms with van der Waals surface area (Å²) in [6.07, 6.45) is 6.25. The zero-order valence-electron chi connectivity index (χ0n) is 15.4. The van der Waals surface area contributed by atoms with Gasteiger partial charge in [-0.3, -0.25) is 0 Å². The summed E-state index contributed by atoms with van der Waals surface area (Å²) in [5.74, 6) is 1.39. The van der Waals surface area contributed by atoms with Crippen molar-refractivity contribution in [2.24, 2.45) is 5.92 Å². The van der Waals surface area contributed by atoms with Crippen molar-refractivity contribution in [2.45, 2.75) is 51.6 Å². The van der Waals surface area contributed by atoms with Gasteiger partial charge in [0.1, 0.15) is 11.5 Å². The van der Waals surface area contributed by atoms with E-state index in [2.05, 4.69) is 11.7 Å². The Bertz CT molecular complexity index is 733. The van der Waals surface area contributed by atoms with Gasteiger partial charge >= 0.3 is 12.6 Å². The standard InChI is InChI=1S/C22H24F2O3/c1-2-15-3-5-16(6-4-15)17-7-11-19(12-8-17)26-21(25)18-9-13-20(14-10-18)27-22(23)24/h7-16,22H,2-6H2,1H3/t15-,16-. The average Bonchev–Trinajstić information content (AvgIpc) is 2.69. The van der Waals surface area contributed by atoms with E-state index in [-0.39, 0.29) is 11.3 Å². The van der Waals surface area contributed by atoms with Gasteiger partial charge in [0.25, 0.3) is 0 Å². The van der Waals surface area contributed by atoms with Gasteiger partial charge in [-0.1, -0.05) is 25.5 Å². The van der Waals surface area contributed by atoms with Gasteiger partial charge in [-0.25, -0.2) is 4.79 Å². The van der Waals surface area contributed by atoms with Crippen molar-refractivity contribution in [2.75, 3.05) is 0 Å². The second-order valence-corrected chi connectivity index (χ2v) is 6.99. The third-order valence-electron chi connectivity index (χ3n) is 5.30. The highest BCUT2D eigenvalue weighted by molar-refractivity contribution is 5.91. The van der Waals surface area contributed by atoms with Gasteiger partial charge in [0.2, 0.25) is 0 Å². The van der Waals surface area contributed by atoms with Crippen molar-refractivity contribution in [3.05, 3.63) is 59.7 Å². The lowest BCUT2D eigenvalue weighted by Crippen LogP contribution is -2.12. The largest absolute Gasteiger partial charge is 0.435 e. The molecule has 0 radical (unpaired) electrons. The summed E-state index contributed by atoms with van der Waals surface area (Å²) in [5.41, 5.74) is 1.57. The molecule has 0 atom stereocenters. The van der Waals surface area contributed by atoms with Crippen molar-refractivity contribution in [1.82, 2.24) is 0 Å². The number of esters is 1. The van der Waals surface area contributed by atoms with E-state index in [1.165, 1.54) is 61.9 Å². The fraction of sp³-hybridized carbons (Fsp3) is 0.409. The van der Waals surface area contributed by atoms with Crippen LogP contribution < -0.4 is 9.47 Å². The first-order chi connectivity index (χ1) is 13.0. The van der Waals surface area contributed by atoms with E-state index in [1.54, 1.807) is 0 Å². The smallest absolute Gasteiger partial charge is 0.387 e. The summed E-state index contributed by atoms with van der Waals surface area (Å²) < 4.78 is 34.0. The molecule has 0 heterocycles. The molecule has 0 saturated heterocycles. The highest BCUT2D eigenvalue weighted by Crippen LogP contribution is 2.37. The maximum absolute atomic E-state index is 12.2. The lowest BCUT2D eigenvalue weighted by molar-refractivity contribution is -0.0498. The molecule has 1 aliphatic rings. The van der Waals surface area contributed by atoms with Crippen LogP contribution in [-0.2, 0) is 0 Å². The highest BCUT2D eigenvalue weighted by atomic mass is 19.3. The number of halogens is 2. The van der Waals surface area contributed by atoms with E-state index in [0.29, 0.717) is 11.7 Å². The van der Waals surface area contributed by atoms with Crippen LogP contribution in [0.5, 0.6) is 11.5 Å². The first-order valence-electron chi connectivity index (χ1n) is 9.42. The number of carbonyl (C=O) groups is 1. The molecular formula is C22H24F2O3. The minimum absolute atomic E-state index is 0.00342. The Morgan fingerprint density at radius 2 is 1.56 bits per heavy atom. The highest BCUT2D eigenvalue weighted by Gasteiger charge is 2.21. The lowest BCUT2D eigenvalue weighted by atomic mass is 9.78. The van der Waals surface area contributed by atoms with Crippen LogP contribution >= 0.6 is 0 Å². The molecule has 0 spiro atoms. The molecule has 1 saturated carbocycles. The fourth-order valence-electron chi connectivity index (χ4n) is 3.65. The van der Waals surface area contributed by atoms with Crippen LogP contribution in [0.3, 0.4) is 0 Å². The van der Waals surface area contributed by atoms with Gasteiger partial charge in [0.05, 0.1) is 5.56 Å². The first kappa shape index (κ1) is 19.3. The summed E-state index contributed by atoms with van der Waals surface area (Å²) in [6, 6.07) is 13.1. The Morgan fingerprint density at radius 3 is 2.11 bits per heavy atom. The molecule has 2 aromatic carbocycles. The molecule has 0 aromatic heterocycles. The fourth-order valence-corrected chi connectivity index (χ4v) is 3.65. The molecule has 27 heavy (non-hydrogen) atoms. The summed E-state index contributed by atoms with van der Waals surface area (Å²) >= 11 is 0. The molecular weight excluding hydrogens is 350 g/mol. The number of hydrogen-bond donors (Lipinski definition) is 0. The summed E-state index contributed by atoms with van der Waals surface area (Å²) in [6.45, 7) is -0.633. The molecule has 1 aliphatic carbocycles. The third kappa shape index (κ3) is 5.28. The van der Waals surface area contributed by atoms with E-state index >= 15 is 0 Å². The molecule has 0 aliphatic heterocycles. The molecule has 0 amide bonds. The van der Waals surface area contributed by atoms with Gasteiger partial charge in [-0.15, -0.1) is 0 Å². The van der Waals surface area contributed by atoms with Gasteiger partial charge in [0, 0.05) is 0 Å². The SMILES string of the molecule is CC[C@H]1CC[C@H](c2ccc(OC(=O)c3ccc(OC(F)F)cc3)cc2)CC1. The number of rotatable bonds is 6. The summed E-state index contributed by atoms with van der Waals surface area (Å²) in [4.78, 5) is 12.2.